The summed E-state index contributed by atoms with van der Waals surface area (Å²) >= 11 is 19.0. The molecule has 2 amide bonds. The Morgan fingerprint density at radius 1 is 0.974 bits per heavy atom. The second-order valence-corrected chi connectivity index (χ2v) is 12.4. The molecule has 0 unspecified atom stereocenters. The molecule has 0 aromatic heterocycles. The molecule has 0 spiro atoms. The van der Waals surface area contributed by atoms with E-state index < -0.39 is 16.1 Å². The van der Waals surface area contributed by atoms with Crippen LogP contribution >= 0.6 is 34.8 Å². The number of amides is 2. The lowest BCUT2D eigenvalue weighted by molar-refractivity contribution is -0.141. The first-order valence-electron chi connectivity index (χ1n) is 12.6. The zero-order valence-electron chi connectivity index (χ0n) is 22.4. The van der Waals surface area contributed by atoms with Crippen molar-refractivity contribution in [2.45, 2.75) is 72.0 Å². The maximum Gasteiger partial charge on any atom is 0.243 e. The van der Waals surface area contributed by atoms with Crippen molar-refractivity contribution in [2.75, 3.05) is 17.1 Å². The van der Waals surface area contributed by atoms with E-state index in [-0.39, 0.29) is 43.8 Å². The molecule has 11 heteroatoms. The van der Waals surface area contributed by atoms with E-state index in [0.29, 0.717) is 38.3 Å². The Labute approximate surface area is 241 Å². The number of anilines is 1. The van der Waals surface area contributed by atoms with Crippen molar-refractivity contribution in [3.8, 4) is 0 Å². The number of carbonyl (C=O) groups excluding carboxylic acids is 2. The van der Waals surface area contributed by atoms with E-state index in [1.807, 2.05) is 20.8 Å². The minimum absolute atomic E-state index is 0.0147. The lowest BCUT2D eigenvalue weighted by Gasteiger charge is -2.32. The van der Waals surface area contributed by atoms with E-state index in [2.05, 4.69) is 5.32 Å². The van der Waals surface area contributed by atoms with Crippen LogP contribution in [0.1, 0.15) is 57.6 Å². The van der Waals surface area contributed by atoms with Gasteiger partial charge in [-0.1, -0.05) is 60.8 Å². The highest BCUT2D eigenvalue weighted by molar-refractivity contribution is 7.92. The van der Waals surface area contributed by atoms with Crippen molar-refractivity contribution in [3.05, 3.63) is 62.6 Å². The molecular weight excluding hydrogens is 569 g/mol. The third-order valence-electron chi connectivity index (χ3n) is 6.44. The van der Waals surface area contributed by atoms with Gasteiger partial charge in [0.2, 0.25) is 21.8 Å². The van der Waals surface area contributed by atoms with Crippen molar-refractivity contribution in [1.82, 2.24) is 10.2 Å². The van der Waals surface area contributed by atoms with Gasteiger partial charge in [-0.2, -0.15) is 0 Å². The number of rotatable bonds is 13. The smallest absolute Gasteiger partial charge is 0.243 e. The molecule has 0 saturated heterocycles. The molecule has 2 rings (SSSR count). The first-order valence-corrected chi connectivity index (χ1v) is 15.5. The van der Waals surface area contributed by atoms with Crippen LogP contribution in [0.15, 0.2) is 36.4 Å². The van der Waals surface area contributed by atoms with Gasteiger partial charge in [0, 0.05) is 46.2 Å². The second kappa shape index (κ2) is 14.4. The molecule has 0 aliphatic carbocycles. The number of halogens is 3. The van der Waals surface area contributed by atoms with E-state index in [9.17, 15) is 18.0 Å². The highest BCUT2D eigenvalue weighted by Gasteiger charge is 2.30. The fraction of sp³-hybridized carbons (Fsp3) is 0.481. The fourth-order valence-corrected chi connectivity index (χ4v) is 5.77. The molecule has 0 fully saturated rings. The third kappa shape index (κ3) is 8.50. The lowest BCUT2D eigenvalue weighted by atomic mass is 10.1. The molecule has 7 nitrogen and oxygen atoms in total. The summed E-state index contributed by atoms with van der Waals surface area (Å²) in [5.74, 6) is -0.561. The second-order valence-electron chi connectivity index (χ2n) is 9.29. The van der Waals surface area contributed by atoms with E-state index in [1.54, 1.807) is 43.3 Å². The van der Waals surface area contributed by atoms with Crippen LogP contribution in [0, 0.1) is 6.92 Å². The summed E-state index contributed by atoms with van der Waals surface area (Å²) in [7, 11) is -3.64. The highest BCUT2D eigenvalue weighted by Crippen LogP contribution is 2.30. The highest BCUT2D eigenvalue weighted by atomic mass is 35.5. The van der Waals surface area contributed by atoms with Crippen LogP contribution in [-0.2, 0) is 26.2 Å². The van der Waals surface area contributed by atoms with Gasteiger partial charge in [-0.15, -0.1) is 0 Å². The fourth-order valence-electron chi connectivity index (χ4n) is 4.06. The Kier molecular flexibility index (Phi) is 12.2. The van der Waals surface area contributed by atoms with Crippen molar-refractivity contribution in [2.24, 2.45) is 0 Å². The van der Waals surface area contributed by atoms with Crippen LogP contribution in [-0.4, -0.2) is 50.0 Å². The molecule has 2 atom stereocenters. The summed E-state index contributed by atoms with van der Waals surface area (Å²) in [4.78, 5) is 28.2. The van der Waals surface area contributed by atoms with Gasteiger partial charge in [0.1, 0.15) is 6.04 Å². The van der Waals surface area contributed by atoms with Crippen LogP contribution in [0.25, 0.3) is 0 Å². The Morgan fingerprint density at radius 3 is 2.11 bits per heavy atom. The number of benzene rings is 2. The predicted octanol–water partition coefficient (Wildman–Crippen LogP) is 6.22. The van der Waals surface area contributed by atoms with Crippen LogP contribution in [0.2, 0.25) is 15.1 Å². The zero-order chi connectivity index (χ0) is 28.6. The van der Waals surface area contributed by atoms with Gasteiger partial charge in [-0.3, -0.25) is 13.9 Å². The van der Waals surface area contributed by atoms with Crippen LogP contribution < -0.4 is 9.62 Å². The predicted molar refractivity (Wildman–Crippen MR) is 157 cm³/mol. The first-order chi connectivity index (χ1) is 17.8. The van der Waals surface area contributed by atoms with Crippen LogP contribution in [0.4, 0.5) is 5.69 Å². The van der Waals surface area contributed by atoms with Crippen molar-refractivity contribution < 1.29 is 18.0 Å². The van der Waals surface area contributed by atoms with Gasteiger partial charge in [0.15, 0.2) is 0 Å². The summed E-state index contributed by atoms with van der Waals surface area (Å²) in [5, 5.41) is 4.20. The van der Waals surface area contributed by atoms with Crippen molar-refractivity contribution >= 4 is 62.3 Å². The van der Waals surface area contributed by atoms with Crippen molar-refractivity contribution in [1.29, 1.82) is 0 Å². The largest absolute Gasteiger partial charge is 0.352 e. The molecule has 38 heavy (non-hydrogen) atoms. The average molecular weight is 605 g/mol. The number of nitrogens with zero attached hydrogens (tertiary/aromatic N) is 2. The van der Waals surface area contributed by atoms with Crippen LogP contribution in [0.3, 0.4) is 0 Å². The number of hydrogen-bond acceptors (Lipinski definition) is 4. The molecule has 0 aliphatic heterocycles. The Morgan fingerprint density at radius 2 is 1.55 bits per heavy atom. The zero-order valence-corrected chi connectivity index (χ0v) is 25.5. The molecule has 0 bridgehead atoms. The molecule has 0 aliphatic rings. The third-order valence-corrected chi connectivity index (χ3v) is 8.73. The van der Waals surface area contributed by atoms with Gasteiger partial charge in [-0.05, 0) is 62.9 Å². The van der Waals surface area contributed by atoms with Crippen LogP contribution in [0.5, 0.6) is 0 Å². The minimum Gasteiger partial charge on any atom is -0.352 e. The molecule has 0 heterocycles. The van der Waals surface area contributed by atoms with Gasteiger partial charge < -0.3 is 10.2 Å². The number of hydrogen-bond donors (Lipinski definition) is 1. The van der Waals surface area contributed by atoms with Gasteiger partial charge >= 0.3 is 0 Å². The molecule has 0 saturated carbocycles. The maximum atomic E-state index is 13.6. The number of nitrogens with one attached hydrogen (secondary N) is 1. The number of sulfonamides is 1. The summed E-state index contributed by atoms with van der Waals surface area (Å²) in [5.41, 5.74) is 1.64. The monoisotopic (exact) mass is 603 g/mol. The average Bonchev–Trinajstić information content (AvgIpc) is 2.84. The maximum absolute atomic E-state index is 13.6. The van der Waals surface area contributed by atoms with Gasteiger partial charge in [-0.25, -0.2) is 8.42 Å². The summed E-state index contributed by atoms with van der Waals surface area (Å²) < 4.78 is 26.5. The molecular formula is C27H36Cl3N3O4S. The van der Waals surface area contributed by atoms with E-state index >= 15 is 0 Å². The van der Waals surface area contributed by atoms with Gasteiger partial charge in [0.05, 0.1) is 11.9 Å². The topological polar surface area (TPSA) is 86.8 Å². The Bertz CT molecular complexity index is 1220. The van der Waals surface area contributed by atoms with Gasteiger partial charge in [0.25, 0.3) is 0 Å². The quantitative estimate of drug-likeness (QED) is 0.294. The van der Waals surface area contributed by atoms with Crippen molar-refractivity contribution in [3.63, 3.8) is 0 Å². The Hall–Kier alpha value is -2.00. The van der Waals surface area contributed by atoms with E-state index in [4.69, 9.17) is 34.8 Å². The SMILES string of the molecule is CC[C@@H](C)NC(=O)[C@@H](CC)N(Cc1c(Cl)cccc1Cl)C(=O)CCCN(c1cccc(Cl)c1C)S(C)(=O)=O. The normalized spacial score (nSPS) is 13.1. The summed E-state index contributed by atoms with van der Waals surface area (Å²) in [6.07, 6.45) is 2.49. The summed E-state index contributed by atoms with van der Waals surface area (Å²) in [6, 6.07) is 9.34. The molecule has 0 radical (unpaired) electrons. The van der Waals surface area contributed by atoms with E-state index in [1.165, 1.54) is 9.21 Å². The lowest BCUT2D eigenvalue weighted by Crippen LogP contribution is -2.50. The first kappa shape index (κ1) is 32.2. The molecule has 2 aromatic rings. The standard InChI is InChI=1S/C27H36Cl3N3O4S/c1-6-18(3)31-27(35)24(7-2)32(17-20-22(29)12-8-13-23(20)30)26(34)15-10-16-33(38(5,36)37)25-14-9-11-21(28)19(25)4/h8-9,11-14,18,24H,6-7,10,15-17H2,1-5H3,(H,31,35)/t18-,24-/m1/s1. The molecule has 2 aromatic carbocycles. The molecule has 210 valence electrons. The Balaban J connectivity index is 2.32. The summed E-state index contributed by atoms with van der Waals surface area (Å²) in [6.45, 7) is 7.57. The minimum atomic E-state index is -3.64. The van der Waals surface area contributed by atoms with E-state index in [0.717, 1.165) is 12.7 Å². The number of carbonyl (C=O) groups is 2. The molecule has 1 N–H and O–H groups in total.